The quantitative estimate of drug-likeness (QED) is 0.0726. The van der Waals surface area contributed by atoms with Crippen molar-refractivity contribution >= 4 is 19.6 Å². The SMILES string of the molecule is O=c1[nH]c(=O)n(C[C@H]2C[C@H](O)[C@@H]([C@H](OP(=O)(O)OCCSCCCCCCCCCCCCc3ccc(F)cc3)C(F)(F)F)O2)cc1F. The number of alkyl halides is 3. The zero-order valence-corrected chi connectivity index (χ0v) is 28.3. The standard InChI is InChI=1S/C31H44F5N2O8PS/c32-23-14-12-22(13-15-23)11-9-7-5-3-1-2-4-6-8-10-17-48-18-16-44-47(42,43)46-28(31(34,35)36)27-26(39)19-24(45-27)20-38-21-25(33)29(40)37-30(38)41/h12-15,21,24,26-28,39H,1-11,16-20H2,(H,42,43)(H,37,40,41)/t24-,26+,27+,28+/m1/s1. The van der Waals surface area contributed by atoms with Crippen LogP contribution in [0.3, 0.4) is 0 Å². The molecule has 2 aromatic rings. The number of aryl methyl sites for hydroxylation is 1. The number of ether oxygens (including phenoxy) is 1. The van der Waals surface area contributed by atoms with Crippen LogP contribution in [0.1, 0.15) is 76.2 Å². The van der Waals surface area contributed by atoms with E-state index in [4.69, 9.17) is 9.26 Å². The molecule has 0 aliphatic carbocycles. The van der Waals surface area contributed by atoms with E-state index in [1.54, 1.807) is 4.98 Å². The van der Waals surface area contributed by atoms with E-state index in [1.165, 1.54) is 49.6 Å². The number of nitrogens with zero attached hydrogens (tertiary/aromatic N) is 1. The summed E-state index contributed by atoms with van der Waals surface area (Å²) in [5.74, 6) is -0.509. The third-order valence-corrected chi connectivity index (χ3v) is 9.90. The molecule has 272 valence electrons. The topological polar surface area (TPSA) is 140 Å². The first-order chi connectivity index (χ1) is 22.7. The molecule has 2 heterocycles. The molecule has 3 rings (SSSR count). The first-order valence-electron chi connectivity index (χ1n) is 16.1. The van der Waals surface area contributed by atoms with Crippen LogP contribution in [0.4, 0.5) is 22.0 Å². The van der Waals surface area contributed by atoms with Crippen molar-refractivity contribution in [3.8, 4) is 0 Å². The molecule has 0 amide bonds. The van der Waals surface area contributed by atoms with Gasteiger partial charge in [-0.1, -0.05) is 63.5 Å². The molecule has 1 aliphatic rings. The molecule has 0 bridgehead atoms. The number of benzene rings is 1. The number of unbranched alkanes of at least 4 members (excludes halogenated alkanes) is 9. The van der Waals surface area contributed by atoms with Crippen LogP contribution in [0.25, 0.3) is 0 Å². The van der Waals surface area contributed by atoms with Gasteiger partial charge >= 0.3 is 19.7 Å². The van der Waals surface area contributed by atoms with Crippen molar-refractivity contribution in [3.05, 3.63) is 68.5 Å². The van der Waals surface area contributed by atoms with E-state index in [-0.39, 0.29) is 18.2 Å². The molecule has 1 aromatic carbocycles. The molecule has 3 N–H and O–H groups in total. The molecular weight excluding hydrogens is 686 g/mol. The largest absolute Gasteiger partial charge is 0.472 e. The molecule has 0 saturated carbocycles. The Kier molecular flexibility index (Phi) is 16.8. The van der Waals surface area contributed by atoms with Crippen molar-refractivity contribution in [1.29, 1.82) is 0 Å². The molecule has 1 fully saturated rings. The Morgan fingerprint density at radius 1 is 0.979 bits per heavy atom. The molecule has 10 nitrogen and oxygen atoms in total. The fraction of sp³-hybridized carbons (Fsp3) is 0.677. The Labute approximate surface area is 280 Å². The minimum absolute atomic E-state index is 0.212. The zero-order valence-electron chi connectivity index (χ0n) is 26.5. The van der Waals surface area contributed by atoms with Gasteiger partial charge in [0, 0.05) is 12.2 Å². The number of aromatic amines is 1. The maximum Gasteiger partial charge on any atom is 0.472 e. The molecule has 17 heteroatoms. The van der Waals surface area contributed by atoms with Gasteiger partial charge in [-0.3, -0.25) is 23.4 Å². The number of thioether (sulfide) groups is 1. The fourth-order valence-electron chi connectivity index (χ4n) is 5.39. The van der Waals surface area contributed by atoms with Gasteiger partial charge in [0.1, 0.15) is 11.9 Å². The second-order valence-electron chi connectivity index (χ2n) is 11.8. The van der Waals surface area contributed by atoms with E-state index in [1.807, 2.05) is 12.1 Å². The third-order valence-electron chi connectivity index (χ3n) is 7.87. The molecule has 48 heavy (non-hydrogen) atoms. The highest BCUT2D eigenvalue weighted by molar-refractivity contribution is 7.99. The Morgan fingerprint density at radius 3 is 2.21 bits per heavy atom. The molecule has 1 unspecified atom stereocenters. The van der Waals surface area contributed by atoms with Gasteiger partial charge in [-0.2, -0.15) is 29.3 Å². The number of hydrogen-bond donors (Lipinski definition) is 3. The number of phosphoric ester groups is 1. The predicted octanol–water partition coefficient (Wildman–Crippen LogP) is 6.27. The molecule has 1 aromatic heterocycles. The lowest BCUT2D eigenvalue weighted by Crippen LogP contribution is -2.46. The van der Waals surface area contributed by atoms with Crippen molar-refractivity contribution in [2.24, 2.45) is 0 Å². The lowest BCUT2D eigenvalue weighted by molar-refractivity contribution is -0.237. The summed E-state index contributed by atoms with van der Waals surface area (Å²) in [6.45, 7) is -0.846. The van der Waals surface area contributed by atoms with Gasteiger partial charge < -0.3 is 14.7 Å². The van der Waals surface area contributed by atoms with Crippen LogP contribution in [0.15, 0.2) is 40.1 Å². The molecule has 1 aliphatic heterocycles. The smallest absolute Gasteiger partial charge is 0.390 e. The van der Waals surface area contributed by atoms with E-state index in [0.717, 1.165) is 56.3 Å². The molecule has 5 atom stereocenters. The number of rotatable bonds is 22. The van der Waals surface area contributed by atoms with Crippen LogP contribution in [0.5, 0.6) is 0 Å². The van der Waals surface area contributed by atoms with Crippen LogP contribution >= 0.6 is 19.6 Å². The number of hydrogen-bond acceptors (Lipinski definition) is 8. The second-order valence-corrected chi connectivity index (χ2v) is 14.4. The zero-order chi connectivity index (χ0) is 35.2. The van der Waals surface area contributed by atoms with Crippen LogP contribution in [-0.2, 0) is 31.3 Å². The number of aliphatic hydroxyl groups is 1. The first-order valence-corrected chi connectivity index (χ1v) is 18.8. The van der Waals surface area contributed by atoms with Crippen molar-refractivity contribution < 1.29 is 50.3 Å². The van der Waals surface area contributed by atoms with Crippen LogP contribution < -0.4 is 11.2 Å². The molecule has 1 saturated heterocycles. The highest BCUT2D eigenvalue weighted by Crippen LogP contribution is 2.49. The second kappa shape index (κ2) is 19.9. The summed E-state index contributed by atoms with van der Waals surface area (Å²) < 4.78 is 95.4. The Morgan fingerprint density at radius 2 is 1.58 bits per heavy atom. The number of nitrogens with one attached hydrogen (secondary N) is 1. The number of phosphoric acid groups is 1. The van der Waals surface area contributed by atoms with Crippen molar-refractivity contribution in [2.75, 3.05) is 18.1 Å². The summed E-state index contributed by atoms with van der Waals surface area (Å²) in [7, 11) is -5.21. The van der Waals surface area contributed by atoms with Gasteiger partial charge in [-0.25, -0.2) is 13.8 Å². The van der Waals surface area contributed by atoms with Gasteiger partial charge in [0.15, 0.2) is 6.10 Å². The maximum atomic E-state index is 13.8. The van der Waals surface area contributed by atoms with Crippen molar-refractivity contribution in [2.45, 2.75) is 114 Å². The molecule has 0 radical (unpaired) electrons. The monoisotopic (exact) mass is 730 g/mol. The van der Waals surface area contributed by atoms with Gasteiger partial charge in [-0.05, 0) is 42.7 Å². The first kappa shape index (κ1) is 40.4. The van der Waals surface area contributed by atoms with Gasteiger partial charge in [-0.15, -0.1) is 0 Å². The molecule has 0 spiro atoms. The fourth-order valence-corrected chi connectivity index (χ4v) is 7.24. The van der Waals surface area contributed by atoms with Crippen molar-refractivity contribution in [3.63, 3.8) is 0 Å². The van der Waals surface area contributed by atoms with E-state index >= 15 is 0 Å². The lowest BCUT2D eigenvalue weighted by Gasteiger charge is -2.29. The van der Waals surface area contributed by atoms with E-state index in [9.17, 15) is 46.1 Å². The normalized spacial score (nSPS) is 20.2. The lowest BCUT2D eigenvalue weighted by atomic mass is 10.0. The highest BCUT2D eigenvalue weighted by Gasteiger charge is 2.55. The number of H-pyrrole nitrogens is 1. The minimum Gasteiger partial charge on any atom is -0.390 e. The average molecular weight is 731 g/mol. The van der Waals surface area contributed by atoms with Gasteiger partial charge in [0.2, 0.25) is 5.82 Å². The summed E-state index contributed by atoms with van der Waals surface area (Å²) in [6.07, 6.45) is -1.15. The number of aliphatic hydroxyl groups excluding tert-OH is 1. The van der Waals surface area contributed by atoms with Crippen molar-refractivity contribution in [1.82, 2.24) is 9.55 Å². The Hall–Kier alpha value is -2.07. The predicted molar refractivity (Wildman–Crippen MR) is 171 cm³/mol. The van der Waals surface area contributed by atoms with Crippen LogP contribution in [0.2, 0.25) is 0 Å². The average Bonchev–Trinajstić information content (AvgIpc) is 3.37. The van der Waals surface area contributed by atoms with E-state index in [2.05, 4.69) is 4.52 Å². The summed E-state index contributed by atoms with van der Waals surface area (Å²) in [5, 5.41) is 10.2. The highest BCUT2D eigenvalue weighted by atomic mass is 32.2. The Bertz CT molecular complexity index is 1410. The van der Waals surface area contributed by atoms with Gasteiger partial charge in [0.25, 0.3) is 5.56 Å². The summed E-state index contributed by atoms with van der Waals surface area (Å²) in [6, 6.07) is 6.65. The summed E-state index contributed by atoms with van der Waals surface area (Å²) in [5.41, 5.74) is -1.15. The van der Waals surface area contributed by atoms with Crippen LogP contribution in [0, 0.1) is 11.6 Å². The van der Waals surface area contributed by atoms with Gasteiger partial charge in [0.05, 0.1) is 31.6 Å². The van der Waals surface area contributed by atoms with E-state index < -0.39 is 68.4 Å². The van der Waals surface area contributed by atoms with Crippen LogP contribution in [-0.4, -0.2) is 68.3 Å². The number of halogens is 5. The Balaban J connectivity index is 1.24. The maximum absolute atomic E-state index is 13.8. The molecular formula is C31H44F5N2O8PS. The van der Waals surface area contributed by atoms with E-state index in [0.29, 0.717) is 10.8 Å². The minimum atomic E-state index is -5.23. The number of aromatic nitrogens is 2. The third kappa shape index (κ3) is 14.4. The summed E-state index contributed by atoms with van der Waals surface area (Å²) >= 11 is 1.43. The summed E-state index contributed by atoms with van der Waals surface area (Å²) in [4.78, 5) is 34.7.